The van der Waals surface area contributed by atoms with Crippen LogP contribution in [0.5, 0.6) is 0 Å². The lowest BCUT2D eigenvalue weighted by Crippen LogP contribution is -2.59. The smallest absolute Gasteiger partial charge is 0.380 e. The molecule has 1 aliphatic rings. The van der Waals surface area contributed by atoms with Crippen LogP contribution in [-0.2, 0) is 9.47 Å². The SMILES string of the molecule is CCC(OCOC1CC(C(C)(O)C(F)(F)F)CC(C(C)(O)C(F)(F)F)C1)(C(F)(F)F)C(F)(F)F. The number of aliphatic hydroxyl groups is 2. The Labute approximate surface area is 186 Å². The molecule has 0 spiro atoms. The van der Waals surface area contributed by atoms with Gasteiger partial charge in [0.25, 0.3) is 5.60 Å². The summed E-state index contributed by atoms with van der Waals surface area (Å²) in [6.45, 7) is -0.759. The minimum atomic E-state index is -5.97. The van der Waals surface area contributed by atoms with Crippen molar-refractivity contribution in [3.05, 3.63) is 0 Å². The van der Waals surface area contributed by atoms with Gasteiger partial charge in [0, 0.05) is 0 Å². The number of halogens is 12. The van der Waals surface area contributed by atoms with Crippen molar-refractivity contribution in [2.75, 3.05) is 6.79 Å². The second-order valence-electron chi connectivity index (χ2n) is 8.62. The fourth-order valence-corrected chi connectivity index (χ4v) is 3.84. The van der Waals surface area contributed by atoms with E-state index in [0.717, 1.165) is 0 Å². The van der Waals surface area contributed by atoms with Crippen molar-refractivity contribution in [3.8, 4) is 0 Å². The topological polar surface area (TPSA) is 58.9 Å². The predicted molar refractivity (Wildman–Crippen MR) is 90.1 cm³/mol. The summed E-state index contributed by atoms with van der Waals surface area (Å²) < 4.78 is 167. The fourth-order valence-electron chi connectivity index (χ4n) is 3.84. The summed E-state index contributed by atoms with van der Waals surface area (Å²) in [5, 5.41) is 19.8. The monoisotopic (exact) mass is 532 g/mol. The molecule has 204 valence electrons. The van der Waals surface area contributed by atoms with Crippen LogP contribution in [0.4, 0.5) is 52.7 Å². The zero-order valence-corrected chi connectivity index (χ0v) is 18.0. The highest BCUT2D eigenvalue weighted by atomic mass is 19.4. The summed E-state index contributed by atoms with van der Waals surface area (Å²) in [5.74, 6) is -4.07. The second kappa shape index (κ2) is 9.47. The maximum atomic E-state index is 13.3. The van der Waals surface area contributed by atoms with Gasteiger partial charge in [0.15, 0.2) is 11.2 Å². The van der Waals surface area contributed by atoms with Crippen molar-refractivity contribution in [2.45, 2.75) is 94.1 Å². The molecule has 0 bridgehead atoms. The van der Waals surface area contributed by atoms with Gasteiger partial charge in [0.2, 0.25) is 0 Å². The lowest BCUT2D eigenvalue weighted by atomic mass is 9.67. The van der Waals surface area contributed by atoms with Gasteiger partial charge < -0.3 is 19.7 Å². The van der Waals surface area contributed by atoms with Crippen LogP contribution in [0.25, 0.3) is 0 Å². The van der Waals surface area contributed by atoms with Crippen LogP contribution in [0.1, 0.15) is 46.5 Å². The van der Waals surface area contributed by atoms with Crippen molar-refractivity contribution >= 4 is 0 Å². The Morgan fingerprint density at radius 2 is 1.00 bits per heavy atom. The first-order valence-electron chi connectivity index (χ1n) is 9.82. The molecule has 1 rings (SSSR count). The molecule has 4 unspecified atom stereocenters. The molecule has 4 atom stereocenters. The van der Waals surface area contributed by atoms with Crippen LogP contribution < -0.4 is 0 Å². The molecule has 0 aromatic rings. The minimum Gasteiger partial charge on any atom is -0.380 e. The van der Waals surface area contributed by atoms with Crippen LogP contribution >= 0.6 is 0 Å². The van der Waals surface area contributed by atoms with E-state index in [-0.39, 0.29) is 13.8 Å². The first kappa shape index (κ1) is 31.0. The number of hydrogen-bond acceptors (Lipinski definition) is 4. The predicted octanol–water partition coefficient (Wildman–Crippen LogP) is 5.66. The molecule has 0 radical (unpaired) electrons. The van der Waals surface area contributed by atoms with Gasteiger partial charge in [-0.2, -0.15) is 52.7 Å². The van der Waals surface area contributed by atoms with Crippen molar-refractivity contribution < 1.29 is 72.4 Å². The maximum Gasteiger partial charge on any atom is 0.426 e. The molecule has 0 aromatic carbocycles. The second-order valence-corrected chi connectivity index (χ2v) is 8.62. The third kappa shape index (κ3) is 5.86. The van der Waals surface area contributed by atoms with Crippen molar-refractivity contribution in [2.24, 2.45) is 11.8 Å². The Balaban J connectivity index is 3.21. The third-order valence-electron chi connectivity index (χ3n) is 6.42. The summed E-state index contributed by atoms with van der Waals surface area (Å²) in [5.41, 5.74) is -11.9. The zero-order chi connectivity index (χ0) is 27.2. The quantitative estimate of drug-likeness (QED) is 0.328. The molecular formula is C18H24F12O4. The molecule has 2 N–H and O–H groups in total. The summed E-state index contributed by atoms with van der Waals surface area (Å²) in [6, 6.07) is 0. The molecule has 1 aliphatic carbocycles. The molecular weight excluding hydrogens is 508 g/mol. The standard InChI is InChI=1S/C18H24F12O4/c1-4-14(17(25,26)27,18(28,29)30)34-8-33-11-6-9(12(2,31)15(19,20)21)5-10(7-11)13(3,32)16(22,23)24/h9-11,31-32H,4-8H2,1-3H3. The molecule has 1 saturated carbocycles. The van der Waals surface area contributed by atoms with E-state index in [1.165, 1.54) is 0 Å². The number of ether oxygens (including phenoxy) is 2. The third-order valence-corrected chi connectivity index (χ3v) is 6.42. The Kier molecular flexibility index (Phi) is 8.64. The van der Waals surface area contributed by atoms with E-state index in [4.69, 9.17) is 4.74 Å². The summed E-state index contributed by atoms with van der Waals surface area (Å²) in [4.78, 5) is 0. The highest BCUT2D eigenvalue weighted by Crippen LogP contribution is 2.51. The van der Waals surface area contributed by atoms with E-state index < -0.39 is 91.9 Å². The molecule has 0 saturated heterocycles. The van der Waals surface area contributed by atoms with Gasteiger partial charge in [0.1, 0.15) is 6.79 Å². The largest absolute Gasteiger partial charge is 0.426 e. The van der Waals surface area contributed by atoms with Gasteiger partial charge >= 0.3 is 24.7 Å². The van der Waals surface area contributed by atoms with Gasteiger partial charge in [-0.05, 0) is 51.4 Å². The average Bonchev–Trinajstić information content (AvgIpc) is 2.61. The molecule has 0 amide bonds. The Hall–Kier alpha value is -1.00. The molecule has 4 nitrogen and oxygen atoms in total. The number of rotatable bonds is 7. The van der Waals surface area contributed by atoms with E-state index in [2.05, 4.69) is 4.74 Å². The van der Waals surface area contributed by atoms with Gasteiger partial charge in [-0.15, -0.1) is 0 Å². The molecule has 16 heteroatoms. The van der Waals surface area contributed by atoms with Crippen LogP contribution in [0, 0.1) is 11.8 Å². The van der Waals surface area contributed by atoms with E-state index in [9.17, 15) is 62.9 Å². The first-order chi connectivity index (χ1) is 14.8. The van der Waals surface area contributed by atoms with E-state index in [0.29, 0.717) is 6.92 Å². The maximum absolute atomic E-state index is 13.3. The highest BCUT2D eigenvalue weighted by molar-refractivity contribution is 5.00. The minimum absolute atomic E-state index is 0.255. The van der Waals surface area contributed by atoms with Gasteiger partial charge in [-0.1, -0.05) is 6.92 Å². The lowest BCUT2D eigenvalue weighted by Gasteiger charge is -2.46. The van der Waals surface area contributed by atoms with Crippen LogP contribution in [0.2, 0.25) is 0 Å². The average molecular weight is 532 g/mol. The van der Waals surface area contributed by atoms with Crippen LogP contribution in [0.15, 0.2) is 0 Å². The molecule has 34 heavy (non-hydrogen) atoms. The Bertz CT molecular complexity index is 630. The number of hydrogen-bond donors (Lipinski definition) is 2. The van der Waals surface area contributed by atoms with Crippen molar-refractivity contribution in [1.82, 2.24) is 0 Å². The fraction of sp³-hybridized carbons (Fsp3) is 1.00. The molecule has 1 fully saturated rings. The molecule has 0 aliphatic heterocycles. The van der Waals surface area contributed by atoms with Gasteiger partial charge in [-0.25, -0.2) is 0 Å². The van der Waals surface area contributed by atoms with Gasteiger partial charge in [0.05, 0.1) is 6.10 Å². The van der Waals surface area contributed by atoms with Gasteiger partial charge in [-0.3, -0.25) is 0 Å². The number of alkyl halides is 12. The normalized spacial score (nSPS) is 27.3. The lowest BCUT2D eigenvalue weighted by molar-refractivity contribution is -0.396. The Morgan fingerprint density at radius 1 is 0.647 bits per heavy atom. The first-order valence-corrected chi connectivity index (χ1v) is 9.82. The van der Waals surface area contributed by atoms with Crippen molar-refractivity contribution in [1.29, 1.82) is 0 Å². The summed E-state index contributed by atoms with van der Waals surface area (Å²) in [6.07, 6.45) is -28.9. The van der Waals surface area contributed by atoms with Crippen LogP contribution in [-0.4, -0.2) is 64.6 Å². The van der Waals surface area contributed by atoms with Crippen molar-refractivity contribution in [3.63, 3.8) is 0 Å². The molecule has 0 heterocycles. The summed E-state index contributed by atoms with van der Waals surface area (Å²) >= 11 is 0. The van der Waals surface area contributed by atoms with E-state index >= 15 is 0 Å². The zero-order valence-electron chi connectivity index (χ0n) is 18.0. The summed E-state index contributed by atoms with van der Waals surface area (Å²) in [7, 11) is 0. The molecule has 0 aromatic heterocycles. The highest BCUT2D eigenvalue weighted by Gasteiger charge is 2.71. The van der Waals surface area contributed by atoms with E-state index in [1.54, 1.807) is 0 Å². The van der Waals surface area contributed by atoms with E-state index in [1.807, 2.05) is 0 Å². The Morgan fingerprint density at radius 3 is 1.26 bits per heavy atom. The van der Waals surface area contributed by atoms with Crippen LogP contribution in [0.3, 0.4) is 0 Å².